The summed E-state index contributed by atoms with van der Waals surface area (Å²) in [6.45, 7) is -2.14. The second-order valence-corrected chi connectivity index (χ2v) is 17.5. The molecule has 1 aliphatic rings. The standard InChI is InChI=1S/C58H27F10N7O8/c59-45-35(46(60)50(64)53(67)49(45)63)17-15-28-19-26-7-1-3-9-33(26)43-44-34-10-4-2-8-27(34)20-29(16-18-36-47(61)51(65)54(68)52(66)48(36)62)56(44)83-25-42(77)72-38-12-6-14-40(70-38)74-58(79)31-21-30(22-32(23-31)75(80)81)57(78)73-39-13-5-11-37(69-39)71-41(76)24-82-55(28)43/h1-14,19-23H,24-25H2,(H2,69,71,73,76,78)(H2,70,72,74,77,79). The molecule has 0 saturated heterocycles. The molecule has 10 rings (SSSR count). The van der Waals surface area contributed by atoms with Gasteiger partial charge in [-0.2, -0.15) is 0 Å². The number of ether oxygens (including phenoxy) is 2. The van der Waals surface area contributed by atoms with Crippen LogP contribution in [0, 0.1) is 92.0 Å². The summed E-state index contributed by atoms with van der Waals surface area (Å²) in [6.07, 6.45) is 0. The third-order valence-electron chi connectivity index (χ3n) is 12.2. The van der Waals surface area contributed by atoms with Gasteiger partial charge in [-0.3, -0.25) is 29.3 Å². The van der Waals surface area contributed by atoms with Gasteiger partial charge in [0.25, 0.3) is 29.3 Å². The Hall–Kier alpha value is -11.3. The molecule has 4 amide bonds. The zero-order valence-corrected chi connectivity index (χ0v) is 41.3. The van der Waals surface area contributed by atoms with Gasteiger partial charge in [-0.15, -0.1) is 0 Å². The lowest BCUT2D eigenvalue weighted by molar-refractivity contribution is -0.384. The van der Waals surface area contributed by atoms with Gasteiger partial charge in [0, 0.05) is 34.4 Å². The smallest absolute Gasteiger partial charge is 0.271 e. The molecule has 15 nitrogen and oxygen atoms in total. The fourth-order valence-corrected chi connectivity index (χ4v) is 8.46. The first-order valence-corrected chi connectivity index (χ1v) is 23.7. The van der Waals surface area contributed by atoms with E-state index < -0.39 is 151 Å². The lowest BCUT2D eigenvalue weighted by atomic mass is 9.88. The van der Waals surface area contributed by atoms with Crippen LogP contribution in [-0.4, -0.2) is 51.7 Å². The molecule has 6 bridgehead atoms. The molecule has 83 heavy (non-hydrogen) atoms. The SMILES string of the molecule is O=C1COc2c(C#Cc3c(F)c(F)c(F)c(F)c3F)cc3ccccc3c2-c2c(c(C#Cc3c(F)c(F)c(F)c(F)c3F)cc3ccccc23)OCC(=O)Nc2cccc(n2)NC(=O)c2cc(cc([N+](=O)[O-])c2)C(=O)Nc2cccc(n2)N1. The van der Waals surface area contributed by atoms with Crippen LogP contribution in [0.2, 0.25) is 0 Å². The number of nitrogens with zero attached hydrogens (tertiary/aromatic N) is 3. The molecule has 0 spiro atoms. The van der Waals surface area contributed by atoms with Gasteiger partial charge in [0.2, 0.25) is 11.6 Å². The zero-order valence-electron chi connectivity index (χ0n) is 41.3. The van der Waals surface area contributed by atoms with Gasteiger partial charge in [0.05, 0.1) is 16.1 Å². The average molecular weight is 1140 g/mol. The van der Waals surface area contributed by atoms with Crippen LogP contribution in [0.15, 0.2) is 115 Å². The fourth-order valence-electron chi connectivity index (χ4n) is 8.46. The van der Waals surface area contributed by atoms with Crippen molar-refractivity contribution in [3.63, 3.8) is 0 Å². The molecule has 25 heteroatoms. The second-order valence-electron chi connectivity index (χ2n) is 17.5. The highest BCUT2D eigenvalue weighted by molar-refractivity contribution is 6.12. The highest BCUT2D eigenvalue weighted by Crippen LogP contribution is 2.49. The first-order chi connectivity index (χ1) is 39.8. The van der Waals surface area contributed by atoms with Crippen LogP contribution in [0.4, 0.5) is 72.9 Å². The average Bonchev–Trinajstić information content (AvgIpc) is 1.84. The van der Waals surface area contributed by atoms with Gasteiger partial charge in [0.15, 0.2) is 59.8 Å². The normalized spacial score (nSPS) is 12.7. The first kappa shape index (κ1) is 55.0. The Morgan fingerprint density at radius 1 is 0.434 bits per heavy atom. The monoisotopic (exact) mass is 1140 g/mol. The summed E-state index contributed by atoms with van der Waals surface area (Å²) < 4.78 is 160. The maximum atomic E-state index is 15.3. The molecule has 412 valence electrons. The molecule has 2 aromatic heterocycles. The lowest BCUT2D eigenvalue weighted by Gasteiger charge is -2.22. The van der Waals surface area contributed by atoms with Crippen LogP contribution in [-0.2, 0) is 9.59 Å². The molecule has 0 fully saturated rings. The van der Waals surface area contributed by atoms with E-state index in [1.54, 1.807) is 0 Å². The second kappa shape index (κ2) is 22.4. The van der Waals surface area contributed by atoms with Gasteiger partial charge in [-0.1, -0.05) is 84.3 Å². The van der Waals surface area contributed by atoms with Crippen LogP contribution in [0.25, 0.3) is 32.7 Å². The van der Waals surface area contributed by atoms with Crippen molar-refractivity contribution >= 4 is 74.1 Å². The predicted octanol–water partition coefficient (Wildman–Crippen LogP) is 11.4. The van der Waals surface area contributed by atoms with E-state index in [4.69, 9.17) is 9.47 Å². The van der Waals surface area contributed by atoms with Gasteiger partial charge >= 0.3 is 0 Å². The van der Waals surface area contributed by atoms with Gasteiger partial charge in [-0.25, -0.2) is 53.9 Å². The quantitative estimate of drug-likeness (QED) is 0.0306. The lowest BCUT2D eigenvalue weighted by Crippen LogP contribution is -2.22. The Kier molecular flexibility index (Phi) is 14.9. The van der Waals surface area contributed by atoms with E-state index in [0.717, 1.165) is 18.2 Å². The molecule has 4 N–H and O–H groups in total. The van der Waals surface area contributed by atoms with Crippen molar-refractivity contribution in [2.75, 3.05) is 34.5 Å². The van der Waals surface area contributed by atoms with Crippen LogP contribution in [0.5, 0.6) is 11.5 Å². The Labute approximate surface area is 458 Å². The molecule has 0 atom stereocenters. The van der Waals surface area contributed by atoms with E-state index in [-0.39, 0.29) is 55.9 Å². The van der Waals surface area contributed by atoms with Crippen molar-refractivity contribution in [1.82, 2.24) is 9.97 Å². The highest BCUT2D eigenvalue weighted by Gasteiger charge is 2.29. The number of nitro groups is 1. The Morgan fingerprint density at radius 3 is 1.16 bits per heavy atom. The summed E-state index contributed by atoms with van der Waals surface area (Å²) in [5.41, 5.74) is -5.98. The number of rotatable bonds is 1. The third kappa shape index (κ3) is 10.9. The van der Waals surface area contributed by atoms with E-state index in [2.05, 4.69) is 43.1 Å². The van der Waals surface area contributed by atoms with Crippen LogP contribution in [0.3, 0.4) is 0 Å². The number of non-ortho nitro benzene ring substituents is 1. The van der Waals surface area contributed by atoms with E-state index in [1.165, 1.54) is 97.1 Å². The summed E-state index contributed by atoms with van der Waals surface area (Å²) in [6, 6.07) is 24.8. The van der Waals surface area contributed by atoms with Gasteiger partial charge in [0.1, 0.15) is 45.9 Å². The Bertz CT molecular complexity index is 4140. The number of carbonyl (C=O) groups excluding carboxylic acids is 4. The van der Waals surface area contributed by atoms with Crippen molar-refractivity contribution in [2.24, 2.45) is 0 Å². The molecule has 0 unspecified atom stereocenters. The molecule has 9 aromatic rings. The first-order valence-electron chi connectivity index (χ1n) is 23.7. The van der Waals surface area contributed by atoms with E-state index in [1.807, 2.05) is 11.8 Å². The molecular formula is C58H27F10N7O8. The van der Waals surface area contributed by atoms with E-state index in [9.17, 15) is 55.6 Å². The molecule has 0 radical (unpaired) electrons. The van der Waals surface area contributed by atoms with Crippen molar-refractivity contribution in [1.29, 1.82) is 0 Å². The van der Waals surface area contributed by atoms with Crippen molar-refractivity contribution in [3.8, 4) is 46.3 Å². The number of nitro benzene ring substituents is 1. The van der Waals surface area contributed by atoms with Crippen LogP contribution < -0.4 is 30.7 Å². The van der Waals surface area contributed by atoms with Crippen molar-refractivity contribution < 1.29 is 77.5 Å². The van der Waals surface area contributed by atoms with Crippen molar-refractivity contribution in [2.45, 2.75) is 0 Å². The minimum Gasteiger partial charge on any atom is -0.482 e. The number of anilines is 4. The number of pyridine rings is 2. The Balaban J connectivity index is 1.22. The number of fused-ring (bicyclic) bond motifs is 13. The van der Waals surface area contributed by atoms with Crippen LogP contribution >= 0.6 is 0 Å². The fraction of sp³-hybridized carbons (Fsp3) is 0.0345. The molecule has 0 aliphatic carbocycles. The number of benzene rings is 7. The summed E-state index contributed by atoms with van der Waals surface area (Å²) in [5.74, 6) is -21.2. The number of aromatic nitrogens is 2. The summed E-state index contributed by atoms with van der Waals surface area (Å²) in [7, 11) is 0. The topological polar surface area (TPSA) is 204 Å². The predicted molar refractivity (Wildman–Crippen MR) is 277 cm³/mol. The number of nitrogens with one attached hydrogen (secondary N) is 4. The number of carbonyl (C=O) groups is 4. The summed E-state index contributed by atoms with van der Waals surface area (Å²) in [4.78, 5) is 74.7. The third-order valence-corrected chi connectivity index (χ3v) is 12.2. The van der Waals surface area contributed by atoms with Gasteiger partial charge < -0.3 is 30.7 Å². The number of amides is 4. The Morgan fingerprint density at radius 2 is 0.783 bits per heavy atom. The van der Waals surface area contributed by atoms with E-state index in [0.29, 0.717) is 0 Å². The maximum absolute atomic E-state index is 15.3. The zero-order chi connectivity index (χ0) is 59.0. The number of hydrogen-bond acceptors (Lipinski definition) is 10. The maximum Gasteiger partial charge on any atom is 0.271 e. The van der Waals surface area contributed by atoms with E-state index >= 15 is 17.6 Å². The number of hydrogen-bond donors (Lipinski definition) is 4. The minimum atomic E-state index is -2.49. The molecule has 3 heterocycles. The number of halogens is 10. The molecule has 0 saturated carbocycles. The summed E-state index contributed by atoms with van der Waals surface area (Å²) >= 11 is 0. The van der Waals surface area contributed by atoms with Crippen LogP contribution in [0.1, 0.15) is 43.0 Å². The summed E-state index contributed by atoms with van der Waals surface area (Å²) in [5, 5.41) is 22.3. The largest absolute Gasteiger partial charge is 0.482 e. The molecule has 1 aliphatic heterocycles. The highest BCUT2D eigenvalue weighted by atomic mass is 19.2. The van der Waals surface area contributed by atoms with Crippen molar-refractivity contribution in [3.05, 3.63) is 217 Å². The minimum absolute atomic E-state index is 0.134. The molecule has 7 aromatic carbocycles. The molecular weight excluding hydrogens is 1110 g/mol. The van der Waals surface area contributed by atoms with Gasteiger partial charge in [-0.05, 0) is 64.0 Å².